The van der Waals surface area contributed by atoms with Gasteiger partial charge in [0.1, 0.15) is 18.1 Å². The number of amides is 1. The maximum absolute atomic E-state index is 12.9. The van der Waals surface area contributed by atoms with Crippen molar-refractivity contribution in [1.29, 1.82) is 0 Å². The Balaban J connectivity index is 1.84. The van der Waals surface area contributed by atoms with Crippen LogP contribution in [0.4, 0.5) is 5.69 Å². The van der Waals surface area contributed by atoms with Crippen LogP contribution in [0.25, 0.3) is 0 Å². The molecule has 3 aromatic rings. The van der Waals surface area contributed by atoms with Crippen LogP contribution in [0.2, 0.25) is 0 Å². The molecule has 3 rings (SSSR count). The van der Waals surface area contributed by atoms with E-state index in [-0.39, 0.29) is 11.3 Å². The maximum atomic E-state index is 12.9. The van der Waals surface area contributed by atoms with E-state index < -0.39 is 0 Å². The summed E-state index contributed by atoms with van der Waals surface area (Å²) >= 11 is 0. The predicted octanol–water partition coefficient (Wildman–Crippen LogP) is 6.83. The van der Waals surface area contributed by atoms with Gasteiger partial charge in [0.25, 0.3) is 5.91 Å². The van der Waals surface area contributed by atoms with Gasteiger partial charge in [0.2, 0.25) is 0 Å². The minimum Gasteiger partial charge on any atom is -0.493 e. The Hall–Kier alpha value is -3.27. The third kappa shape index (κ3) is 5.91. The first kappa shape index (κ1) is 23.4. The molecule has 168 valence electrons. The third-order valence-electron chi connectivity index (χ3n) is 5.18. The molecule has 0 radical (unpaired) electrons. The van der Waals surface area contributed by atoms with Crippen molar-refractivity contribution in [1.82, 2.24) is 0 Å². The van der Waals surface area contributed by atoms with Gasteiger partial charge >= 0.3 is 0 Å². The zero-order valence-corrected chi connectivity index (χ0v) is 19.9. The number of aryl methyl sites for hydroxylation is 2. The molecule has 0 saturated heterocycles. The van der Waals surface area contributed by atoms with Crippen LogP contribution < -0.4 is 14.8 Å². The van der Waals surface area contributed by atoms with Crippen LogP contribution in [0.1, 0.15) is 60.3 Å². The van der Waals surface area contributed by atoms with E-state index >= 15 is 0 Å². The van der Waals surface area contributed by atoms with Gasteiger partial charge in [-0.1, -0.05) is 45.0 Å². The molecule has 0 saturated carbocycles. The molecule has 0 aromatic heterocycles. The van der Waals surface area contributed by atoms with Crippen molar-refractivity contribution in [3.8, 4) is 11.5 Å². The van der Waals surface area contributed by atoms with Crippen molar-refractivity contribution in [3.05, 3.63) is 88.5 Å². The predicted molar refractivity (Wildman–Crippen MR) is 131 cm³/mol. The van der Waals surface area contributed by atoms with E-state index in [0.29, 0.717) is 18.8 Å². The van der Waals surface area contributed by atoms with E-state index in [4.69, 9.17) is 9.47 Å². The molecule has 0 fully saturated rings. The first-order valence-corrected chi connectivity index (χ1v) is 11.0. The van der Waals surface area contributed by atoms with Crippen LogP contribution in [0.3, 0.4) is 0 Å². The fourth-order valence-electron chi connectivity index (χ4n) is 3.75. The number of hydrogen-bond acceptors (Lipinski definition) is 3. The molecule has 4 nitrogen and oxygen atoms in total. The smallest absolute Gasteiger partial charge is 0.255 e. The van der Waals surface area contributed by atoms with Crippen LogP contribution in [0.5, 0.6) is 11.5 Å². The van der Waals surface area contributed by atoms with E-state index in [2.05, 4.69) is 38.2 Å². The van der Waals surface area contributed by atoms with Gasteiger partial charge in [0.15, 0.2) is 0 Å². The van der Waals surface area contributed by atoms with Crippen LogP contribution in [-0.2, 0) is 12.0 Å². The van der Waals surface area contributed by atoms with Crippen molar-refractivity contribution in [2.24, 2.45) is 0 Å². The summed E-state index contributed by atoms with van der Waals surface area (Å²) in [4.78, 5) is 12.9. The number of benzene rings is 3. The van der Waals surface area contributed by atoms with Gasteiger partial charge in [-0.05, 0) is 79.3 Å². The Morgan fingerprint density at radius 2 is 1.56 bits per heavy atom. The number of nitrogens with one attached hydrogen (secondary N) is 1. The SMILES string of the molecule is CCOc1ccc(C(=O)Nc2cc(C)cc(C)c2)cc1COc1ccccc1C(C)(C)C. The van der Waals surface area contributed by atoms with Crippen molar-refractivity contribution >= 4 is 11.6 Å². The molecule has 0 spiro atoms. The first-order valence-electron chi connectivity index (χ1n) is 11.0. The van der Waals surface area contributed by atoms with Gasteiger partial charge in [0, 0.05) is 16.8 Å². The van der Waals surface area contributed by atoms with Crippen molar-refractivity contribution in [2.75, 3.05) is 11.9 Å². The van der Waals surface area contributed by atoms with Gasteiger partial charge in [-0.15, -0.1) is 0 Å². The summed E-state index contributed by atoms with van der Waals surface area (Å²) in [5.41, 5.74) is 5.52. The number of rotatable bonds is 7. The molecule has 0 aliphatic rings. The maximum Gasteiger partial charge on any atom is 0.255 e. The molecule has 1 N–H and O–H groups in total. The number of para-hydroxylation sites is 1. The number of hydrogen-bond donors (Lipinski definition) is 1. The largest absolute Gasteiger partial charge is 0.493 e. The zero-order valence-electron chi connectivity index (χ0n) is 19.9. The van der Waals surface area contributed by atoms with E-state index in [1.807, 2.05) is 63.2 Å². The lowest BCUT2D eigenvalue weighted by molar-refractivity contribution is 0.102. The van der Waals surface area contributed by atoms with Crippen molar-refractivity contribution in [3.63, 3.8) is 0 Å². The lowest BCUT2D eigenvalue weighted by Gasteiger charge is -2.23. The summed E-state index contributed by atoms with van der Waals surface area (Å²) in [6.45, 7) is 13.3. The molecular formula is C28H33NO3. The lowest BCUT2D eigenvalue weighted by Crippen LogP contribution is -2.14. The number of ether oxygens (including phenoxy) is 2. The third-order valence-corrected chi connectivity index (χ3v) is 5.18. The monoisotopic (exact) mass is 431 g/mol. The standard InChI is InChI=1S/C28H33NO3/c1-7-31-25-13-12-21(27(30)29-23-15-19(2)14-20(3)16-23)17-22(25)18-32-26-11-9-8-10-24(26)28(4,5)6/h8-17H,7,18H2,1-6H3,(H,29,30). The van der Waals surface area contributed by atoms with E-state index in [1.54, 1.807) is 6.07 Å². The molecule has 32 heavy (non-hydrogen) atoms. The topological polar surface area (TPSA) is 47.6 Å². The van der Waals surface area contributed by atoms with Crippen LogP contribution in [0.15, 0.2) is 60.7 Å². The summed E-state index contributed by atoms with van der Waals surface area (Å²) in [5.74, 6) is 1.41. The molecular weight excluding hydrogens is 398 g/mol. The van der Waals surface area contributed by atoms with E-state index in [1.165, 1.54) is 0 Å². The van der Waals surface area contributed by atoms with Crippen molar-refractivity contribution < 1.29 is 14.3 Å². The molecule has 0 aliphatic carbocycles. The second kappa shape index (κ2) is 9.90. The van der Waals surface area contributed by atoms with Gasteiger partial charge in [-0.2, -0.15) is 0 Å². The van der Waals surface area contributed by atoms with E-state index in [9.17, 15) is 4.79 Å². The molecule has 0 aliphatic heterocycles. The molecule has 0 unspecified atom stereocenters. The van der Waals surface area contributed by atoms with Crippen molar-refractivity contribution in [2.45, 2.75) is 53.6 Å². The second-order valence-electron chi connectivity index (χ2n) is 9.12. The van der Waals surface area contributed by atoms with Gasteiger partial charge in [-0.25, -0.2) is 0 Å². The van der Waals surface area contributed by atoms with Gasteiger partial charge in [-0.3, -0.25) is 4.79 Å². The lowest BCUT2D eigenvalue weighted by atomic mass is 9.86. The highest BCUT2D eigenvalue weighted by Gasteiger charge is 2.19. The summed E-state index contributed by atoms with van der Waals surface area (Å²) in [7, 11) is 0. The minimum absolute atomic E-state index is 0.0347. The molecule has 0 atom stereocenters. The fourth-order valence-corrected chi connectivity index (χ4v) is 3.75. The number of carbonyl (C=O) groups is 1. The van der Waals surface area contributed by atoms with Crippen LogP contribution >= 0.6 is 0 Å². The molecule has 0 bridgehead atoms. The highest BCUT2D eigenvalue weighted by Crippen LogP contribution is 2.32. The number of anilines is 1. The quantitative estimate of drug-likeness (QED) is 0.446. The average molecular weight is 432 g/mol. The Bertz CT molecular complexity index is 1080. The second-order valence-corrected chi connectivity index (χ2v) is 9.12. The highest BCUT2D eigenvalue weighted by molar-refractivity contribution is 6.04. The fraction of sp³-hybridized carbons (Fsp3) is 0.321. The molecule has 0 heterocycles. The Morgan fingerprint density at radius 1 is 0.875 bits per heavy atom. The zero-order chi connectivity index (χ0) is 23.3. The van der Waals surface area contributed by atoms with E-state index in [0.717, 1.165) is 39.4 Å². The summed E-state index contributed by atoms with van der Waals surface area (Å²) in [6, 6.07) is 19.6. The number of carbonyl (C=O) groups excluding carboxylic acids is 1. The Labute approximate surface area is 191 Å². The highest BCUT2D eigenvalue weighted by atomic mass is 16.5. The van der Waals surface area contributed by atoms with Gasteiger partial charge < -0.3 is 14.8 Å². The Kier molecular flexibility index (Phi) is 7.24. The average Bonchev–Trinajstić information content (AvgIpc) is 2.72. The van der Waals surface area contributed by atoms with Gasteiger partial charge in [0.05, 0.1) is 6.61 Å². The Morgan fingerprint density at radius 3 is 2.22 bits per heavy atom. The summed E-state index contributed by atoms with van der Waals surface area (Å²) < 4.78 is 12.0. The van der Waals surface area contributed by atoms with Crippen LogP contribution in [0, 0.1) is 13.8 Å². The summed E-state index contributed by atoms with van der Waals surface area (Å²) in [5, 5.41) is 3.00. The molecule has 4 heteroatoms. The van der Waals surface area contributed by atoms with Crippen LogP contribution in [-0.4, -0.2) is 12.5 Å². The normalized spacial score (nSPS) is 11.2. The minimum atomic E-state index is -0.158. The summed E-state index contributed by atoms with van der Waals surface area (Å²) in [6.07, 6.45) is 0. The molecule has 1 amide bonds. The molecule has 3 aromatic carbocycles. The first-order chi connectivity index (χ1) is 15.2.